The van der Waals surface area contributed by atoms with E-state index in [2.05, 4.69) is 46.1 Å². The van der Waals surface area contributed by atoms with Gasteiger partial charge >= 0.3 is 0 Å². The van der Waals surface area contributed by atoms with Gasteiger partial charge in [-0.05, 0) is 24.3 Å². The minimum atomic E-state index is 0.974. The van der Waals surface area contributed by atoms with Crippen molar-refractivity contribution in [1.29, 1.82) is 0 Å². The van der Waals surface area contributed by atoms with E-state index in [-0.39, 0.29) is 0 Å². The molecule has 0 radical (unpaired) electrons. The van der Waals surface area contributed by atoms with Crippen molar-refractivity contribution in [2.24, 2.45) is 0 Å². The molecule has 0 aromatic carbocycles. The Morgan fingerprint density at radius 1 is 0.824 bits per heavy atom. The first-order valence-corrected chi connectivity index (χ1v) is 12.2. The van der Waals surface area contributed by atoms with E-state index in [1.54, 1.807) is 0 Å². The maximum atomic E-state index is 2.18. The van der Waals surface area contributed by atoms with Gasteiger partial charge in [0.2, 0.25) is 0 Å². The molecule has 0 nitrogen and oxygen atoms in total. The van der Waals surface area contributed by atoms with Gasteiger partial charge in [0.15, 0.2) is 0 Å². The number of unbranched alkanes of at least 4 members (excludes halogenated alkanes) is 3. The second kappa shape index (κ2) is 9.62. The molecule has 0 aromatic heterocycles. The lowest BCUT2D eigenvalue weighted by atomic mass is 10.2. The van der Waals surface area contributed by atoms with E-state index in [0.29, 0.717) is 0 Å². The first-order valence-electron chi connectivity index (χ1n) is 6.50. The molecule has 2 saturated heterocycles. The lowest BCUT2D eigenvalue weighted by molar-refractivity contribution is 0.711. The van der Waals surface area contributed by atoms with E-state index in [1.165, 1.54) is 60.2 Å². The van der Waals surface area contributed by atoms with E-state index in [9.17, 15) is 0 Å². The predicted octanol–water partition coefficient (Wildman–Crippen LogP) is 4.89. The first-order chi connectivity index (χ1) is 8.45. The third kappa shape index (κ3) is 7.81. The zero-order valence-corrected chi connectivity index (χ0v) is 14.3. The van der Waals surface area contributed by atoms with Crippen LogP contribution in [0, 0.1) is 0 Å². The molecular formula is C12H22S5. The van der Waals surface area contributed by atoms with Gasteiger partial charge < -0.3 is 0 Å². The van der Waals surface area contributed by atoms with Crippen LogP contribution in [-0.2, 0) is 0 Å². The van der Waals surface area contributed by atoms with Gasteiger partial charge in [-0.2, -0.15) is 35.3 Å². The molecule has 2 heterocycles. The summed E-state index contributed by atoms with van der Waals surface area (Å²) in [7, 11) is 4.11. The Morgan fingerprint density at radius 2 is 1.41 bits per heavy atom. The molecule has 2 rings (SSSR count). The molecule has 2 atom stereocenters. The summed E-state index contributed by atoms with van der Waals surface area (Å²) in [5.74, 6) is 8.44. The van der Waals surface area contributed by atoms with E-state index < -0.39 is 0 Å². The van der Waals surface area contributed by atoms with Gasteiger partial charge in [0, 0.05) is 33.5 Å². The molecule has 2 aliphatic heterocycles. The largest absolute Gasteiger partial charge is 0.161 e. The molecule has 0 N–H and O–H groups in total. The Morgan fingerprint density at radius 3 is 1.88 bits per heavy atom. The van der Waals surface area contributed by atoms with Gasteiger partial charge in [0.05, 0.1) is 0 Å². The Bertz CT molecular complexity index is 191. The van der Waals surface area contributed by atoms with E-state index >= 15 is 0 Å². The van der Waals surface area contributed by atoms with Crippen LogP contribution in [0.4, 0.5) is 0 Å². The lowest BCUT2D eigenvalue weighted by Gasteiger charge is -2.22. The summed E-state index contributed by atoms with van der Waals surface area (Å²) in [6.45, 7) is 0. The zero-order valence-electron chi connectivity index (χ0n) is 10.3. The highest BCUT2D eigenvalue weighted by Gasteiger charge is 2.21. The average molecular weight is 327 g/mol. The second-order valence-corrected chi connectivity index (χ2v) is 10.9. The molecule has 17 heavy (non-hydrogen) atoms. The normalized spacial score (nSPS) is 26.8. The minimum absolute atomic E-state index is 0.974. The molecule has 2 fully saturated rings. The lowest BCUT2D eigenvalue weighted by Crippen LogP contribution is -2.15. The van der Waals surface area contributed by atoms with Crippen molar-refractivity contribution in [3.8, 4) is 0 Å². The number of hydrogen-bond donors (Lipinski definition) is 0. The van der Waals surface area contributed by atoms with E-state index in [0.717, 1.165) is 10.5 Å². The summed E-state index contributed by atoms with van der Waals surface area (Å²) in [6, 6.07) is 0. The first kappa shape index (κ1) is 15.1. The van der Waals surface area contributed by atoms with Crippen LogP contribution >= 0.6 is 56.9 Å². The molecule has 5 heteroatoms. The van der Waals surface area contributed by atoms with Crippen LogP contribution in [-0.4, -0.2) is 45.0 Å². The molecule has 0 amide bonds. The molecule has 0 bridgehead atoms. The van der Waals surface area contributed by atoms with Gasteiger partial charge in [-0.15, -0.1) is 0 Å². The Kier molecular flexibility index (Phi) is 8.57. The quantitative estimate of drug-likeness (QED) is 0.300. The second-order valence-electron chi connectivity index (χ2n) is 4.52. The summed E-state index contributed by atoms with van der Waals surface area (Å²) >= 11 is 6.48. The highest BCUT2D eigenvalue weighted by Crippen LogP contribution is 2.41. The van der Waals surface area contributed by atoms with Crippen molar-refractivity contribution in [2.75, 3.05) is 34.5 Å². The number of rotatable bonds is 11. The molecule has 0 aromatic rings. The van der Waals surface area contributed by atoms with Crippen molar-refractivity contribution in [2.45, 2.75) is 36.2 Å². The van der Waals surface area contributed by atoms with Crippen LogP contribution in [0.25, 0.3) is 0 Å². The van der Waals surface area contributed by atoms with Crippen LogP contribution in [0.15, 0.2) is 0 Å². The van der Waals surface area contributed by atoms with E-state index in [4.69, 9.17) is 0 Å². The van der Waals surface area contributed by atoms with Crippen molar-refractivity contribution in [1.82, 2.24) is 0 Å². The molecule has 0 saturated carbocycles. The Hall–Kier alpha value is 1.75. The van der Waals surface area contributed by atoms with Crippen LogP contribution in [0.1, 0.15) is 25.7 Å². The average Bonchev–Trinajstić information content (AvgIpc) is 3.07. The maximum absolute atomic E-state index is 2.18. The molecule has 0 spiro atoms. The fourth-order valence-corrected chi connectivity index (χ4v) is 7.18. The summed E-state index contributed by atoms with van der Waals surface area (Å²) in [6.07, 6.45) is 5.80. The summed E-state index contributed by atoms with van der Waals surface area (Å²) in [5, 5.41) is 2.00. The van der Waals surface area contributed by atoms with Crippen molar-refractivity contribution < 1.29 is 0 Å². The van der Waals surface area contributed by atoms with Gasteiger partial charge in [0.25, 0.3) is 0 Å². The summed E-state index contributed by atoms with van der Waals surface area (Å²) in [4.78, 5) is 0. The van der Waals surface area contributed by atoms with Crippen LogP contribution in [0.3, 0.4) is 0 Å². The van der Waals surface area contributed by atoms with Gasteiger partial charge in [-0.3, -0.25) is 0 Å². The molecule has 2 aliphatic rings. The van der Waals surface area contributed by atoms with Crippen LogP contribution in [0.2, 0.25) is 0 Å². The zero-order chi connectivity index (χ0) is 11.8. The topological polar surface area (TPSA) is 0 Å². The molecular weight excluding hydrogens is 304 g/mol. The van der Waals surface area contributed by atoms with Crippen molar-refractivity contribution in [3.05, 3.63) is 0 Å². The van der Waals surface area contributed by atoms with Crippen LogP contribution < -0.4 is 0 Å². The van der Waals surface area contributed by atoms with E-state index in [1.807, 2.05) is 10.8 Å². The van der Waals surface area contributed by atoms with Crippen LogP contribution in [0.5, 0.6) is 0 Å². The Balaban J connectivity index is 1.22. The predicted molar refractivity (Wildman–Crippen MR) is 93.2 cm³/mol. The number of thioether (sulfide) groups is 3. The minimum Gasteiger partial charge on any atom is -0.161 e. The molecule has 100 valence electrons. The maximum Gasteiger partial charge on any atom is 0.0340 e. The smallest absolute Gasteiger partial charge is 0.0340 e. The monoisotopic (exact) mass is 326 g/mol. The van der Waals surface area contributed by atoms with Gasteiger partial charge in [-0.25, -0.2) is 0 Å². The summed E-state index contributed by atoms with van der Waals surface area (Å²) in [5.41, 5.74) is 0. The van der Waals surface area contributed by atoms with Gasteiger partial charge in [-0.1, -0.05) is 34.4 Å². The molecule has 0 aliphatic carbocycles. The third-order valence-electron chi connectivity index (χ3n) is 2.80. The standard InChI is InChI=1S/C12H22S5/c1(3-5-13-7-11-9-15-11)2-4-6-14-8-12-10-16-17-12/h11-12H,1-10H2. The summed E-state index contributed by atoms with van der Waals surface area (Å²) < 4.78 is 0. The third-order valence-corrected chi connectivity index (χ3v) is 9.74. The SMILES string of the molecule is C(CCCSCC1CSS1)CCSCC1CS1. The molecule has 2 unspecified atom stereocenters. The Labute approximate surface area is 127 Å². The van der Waals surface area contributed by atoms with Crippen molar-refractivity contribution in [3.63, 3.8) is 0 Å². The van der Waals surface area contributed by atoms with Crippen molar-refractivity contribution >= 4 is 56.9 Å². The fraction of sp³-hybridized carbons (Fsp3) is 1.00. The highest BCUT2D eigenvalue weighted by atomic mass is 33.1. The number of hydrogen-bond acceptors (Lipinski definition) is 5. The fourth-order valence-electron chi connectivity index (χ4n) is 1.60. The highest BCUT2D eigenvalue weighted by molar-refractivity contribution is 8.79. The van der Waals surface area contributed by atoms with Gasteiger partial charge in [0.1, 0.15) is 0 Å².